The van der Waals surface area contributed by atoms with Crippen LogP contribution in [-0.2, 0) is 18.9 Å². The fourth-order valence-corrected chi connectivity index (χ4v) is 2.13. The standard InChI is InChI=1S/C18H26O8/c19-13(5-21-9-17-11-25-17)7-23-15-2-1-3-16(4-15)24-8-14(20)6-22-10-18-12-26-18/h1-4,13-14,17-20H,5-12H2. The second-order valence-corrected chi connectivity index (χ2v) is 6.39. The van der Waals surface area contributed by atoms with E-state index in [-0.39, 0.29) is 38.6 Å². The predicted molar refractivity (Wildman–Crippen MR) is 90.6 cm³/mol. The SMILES string of the molecule is OC(COCC1CO1)COc1cccc(OCC(O)COCC2CO2)c1. The van der Waals surface area contributed by atoms with Crippen LogP contribution in [0.2, 0.25) is 0 Å². The molecule has 4 atom stereocenters. The molecule has 2 aliphatic rings. The third-order valence-corrected chi connectivity index (χ3v) is 3.72. The Hall–Kier alpha value is -1.42. The second-order valence-electron chi connectivity index (χ2n) is 6.39. The molecular formula is C18H26O8. The molecule has 2 saturated heterocycles. The van der Waals surface area contributed by atoms with Crippen molar-refractivity contribution in [3.63, 3.8) is 0 Å². The lowest BCUT2D eigenvalue weighted by molar-refractivity contribution is 0.00630. The van der Waals surface area contributed by atoms with Crippen LogP contribution in [0.1, 0.15) is 0 Å². The molecule has 0 aliphatic carbocycles. The van der Waals surface area contributed by atoms with Crippen molar-refractivity contribution in [2.45, 2.75) is 24.4 Å². The van der Waals surface area contributed by atoms with Gasteiger partial charge in [-0.2, -0.15) is 0 Å². The zero-order valence-electron chi connectivity index (χ0n) is 14.6. The summed E-state index contributed by atoms with van der Waals surface area (Å²) < 4.78 is 31.8. The quantitative estimate of drug-likeness (QED) is 0.441. The lowest BCUT2D eigenvalue weighted by Gasteiger charge is -2.15. The van der Waals surface area contributed by atoms with Gasteiger partial charge in [0.25, 0.3) is 0 Å². The smallest absolute Gasteiger partial charge is 0.123 e. The Morgan fingerprint density at radius 3 is 1.73 bits per heavy atom. The first-order chi connectivity index (χ1) is 12.7. The van der Waals surface area contributed by atoms with Crippen LogP contribution in [0, 0.1) is 0 Å². The first-order valence-corrected chi connectivity index (χ1v) is 8.79. The maximum absolute atomic E-state index is 9.84. The van der Waals surface area contributed by atoms with E-state index in [1.54, 1.807) is 24.3 Å². The first kappa shape index (κ1) is 19.3. The lowest BCUT2D eigenvalue weighted by Crippen LogP contribution is -2.25. The molecule has 0 radical (unpaired) electrons. The van der Waals surface area contributed by atoms with Crippen molar-refractivity contribution < 1.29 is 38.6 Å². The summed E-state index contributed by atoms with van der Waals surface area (Å²) in [4.78, 5) is 0. The van der Waals surface area contributed by atoms with Crippen LogP contribution in [-0.4, -0.2) is 87.5 Å². The van der Waals surface area contributed by atoms with E-state index >= 15 is 0 Å². The second kappa shape index (κ2) is 10.1. The maximum atomic E-state index is 9.84. The molecule has 0 bridgehead atoms. The minimum absolute atomic E-state index is 0.120. The fraction of sp³-hybridized carbons (Fsp3) is 0.667. The van der Waals surface area contributed by atoms with Crippen LogP contribution in [0.15, 0.2) is 24.3 Å². The van der Waals surface area contributed by atoms with Gasteiger partial charge in [-0.05, 0) is 12.1 Å². The summed E-state index contributed by atoms with van der Waals surface area (Å²) in [6.07, 6.45) is -1.07. The van der Waals surface area contributed by atoms with E-state index in [1.807, 2.05) is 0 Å². The number of ether oxygens (including phenoxy) is 6. The van der Waals surface area contributed by atoms with Gasteiger partial charge in [0.2, 0.25) is 0 Å². The van der Waals surface area contributed by atoms with Crippen LogP contribution in [0.25, 0.3) is 0 Å². The van der Waals surface area contributed by atoms with Gasteiger partial charge in [0.15, 0.2) is 0 Å². The predicted octanol–water partition coefficient (Wildman–Crippen LogP) is -0.00320. The highest BCUT2D eigenvalue weighted by molar-refractivity contribution is 5.32. The number of aliphatic hydroxyl groups is 2. The van der Waals surface area contributed by atoms with Crippen molar-refractivity contribution in [1.29, 1.82) is 0 Å². The molecule has 8 heteroatoms. The third-order valence-electron chi connectivity index (χ3n) is 3.72. The molecule has 26 heavy (non-hydrogen) atoms. The van der Waals surface area contributed by atoms with E-state index in [9.17, 15) is 10.2 Å². The molecule has 4 unspecified atom stereocenters. The highest BCUT2D eigenvalue weighted by atomic mass is 16.6. The van der Waals surface area contributed by atoms with E-state index < -0.39 is 12.2 Å². The Kier molecular flexibility index (Phi) is 7.48. The van der Waals surface area contributed by atoms with Crippen LogP contribution in [0.5, 0.6) is 11.5 Å². The van der Waals surface area contributed by atoms with E-state index in [0.717, 1.165) is 13.2 Å². The molecule has 1 aromatic carbocycles. The summed E-state index contributed by atoms with van der Waals surface area (Å²) in [6, 6.07) is 7.03. The molecule has 2 heterocycles. The van der Waals surface area contributed by atoms with Gasteiger partial charge >= 0.3 is 0 Å². The zero-order valence-corrected chi connectivity index (χ0v) is 14.6. The molecule has 2 aliphatic heterocycles. The molecule has 2 fully saturated rings. The van der Waals surface area contributed by atoms with Crippen molar-refractivity contribution in [2.75, 3.05) is 52.9 Å². The van der Waals surface area contributed by atoms with Crippen LogP contribution in [0.4, 0.5) is 0 Å². The monoisotopic (exact) mass is 370 g/mol. The fourth-order valence-electron chi connectivity index (χ4n) is 2.13. The van der Waals surface area contributed by atoms with Crippen LogP contribution < -0.4 is 9.47 Å². The molecule has 8 nitrogen and oxygen atoms in total. The molecule has 0 spiro atoms. The number of benzene rings is 1. The van der Waals surface area contributed by atoms with Gasteiger partial charge in [0, 0.05) is 6.07 Å². The third kappa shape index (κ3) is 7.86. The molecule has 2 N–H and O–H groups in total. The molecular weight excluding hydrogens is 344 g/mol. The van der Waals surface area contributed by atoms with Crippen molar-refractivity contribution in [1.82, 2.24) is 0 Å². The highest BCUT2D eigenvalue weighted by Crippen LogP contribution is 2.20. The van der Waals surface area contributed by atoms with Crippen LogP contribution in [0.3, 0.4) is 0 Å². The van der Waals surface area contributed by atoms with Crippen molar-refractivity contribution in [3.8, 4) is 11.5 Å². The summed E-state index contributed by atoms with van der Waals surface area (Å²) in [5.41, 5.74) is 0. The first-order valence-electron chi connectivity index (χ1n) is 8.79. The number of epoxide rings is 2. The summed E-state index contributed by atoms with van der Waals surface area (Å²) in [6.45, 7) is 3.11. The summed E-state index contributed by atoms with van der Waals surface area (Å²) >= 11 is 0. The summed E-state index contributed by atoms with van der Waals surface area (Å²) in [5, 5.41) is 19.7. The number of aliphatic hydroxyl groups excluding tert-OH is 2. The van der Waals surface area contributed by atoms with Gasteiger partial charge in [-0.15, -0.1) is 0 Å². The minimum atomic E-state index is -0.715. The van der Waals surface area contributed by atoms with E-state index in [0.29, 0.717) is 24.7 Å². The van der Waals surface area contributed by atoms with Gasteiger partial charge in [-0.25, -0.2) is 0 Å². The van der Waals surface area contributed by atoms with Gasteiger partial charge < -0.3 is 38.6 Å². The molecule has 0 amide bonds. The Morgan fingerprint density at radius 1 is 0.846 bits per heavy atom. The van der Waals surface area contributed by atoms with Crippen molar-refractivity contribution >= 4 is 0 Å². The van der Waals surface area contributed by atoms with Gasteiger partial charge in [0.1, 0.15) is 49.1 Å². The Bertz CT molecular complexity index is 488. The molecule has 0 saturated carbocycles. The Labute approximate surface area is 152 Å². The highest BCUT2D eigenvalue weighted by Gasteiger charge is 2.23. The number of hydrogen-bond acceptors (Lipinski definition) is 8. The van der Waals surface area contributed by atoms with E-state index in [4.69, 9.17) is 28.4 Å². The number of hydrogen-bond donors (Lipinski definition) is 2. The molecule has 1 aromatic rings. The minimum Gasteiger partial charge on any atom is -0.491 e. The van der Waals surface area contributed by atoms with Gasteiger partial charge in [-0.3, -0.25) is 0 Å². The Balaban J connectivity index is 1.29. The largest absolute Gasteiger partial charge is 0.491 e. The lowest BCUT2D eigenvalue weighted by atomic mass is 10.3. The summed E-state index contributed by atoms with van der Waals surface area (Å²) in [7, 11) is 0. The molecule has 146 valence electrons. The zero-order chi connectivity index (χ0) is 18.2. The van der Waals surface area contributed by atoms with E-state index in [2.05, 4.69) is 0 Å². The normalized spacial score (nSPS) is 23.3. The van der Waals surface area contributed by atoms with Crippen molar-refractivity contribution in [2.24, 2.45) is 0 Å². The average Bonchev–Trinajstić information content (AvgIpc) is 3.54. The van der Waals surface area contributed by atoms with E-state index in [1.165, 1.54) is 0 Å². The van der Waals surface area contributed by atoms with Gasteiger partial charge in [-0.1, -0.05) is 6.07 Å². The Morgan fingerprint density at radius 2 is 1.31 bits per heavy atom. The molecule has 3 rings (SSSR count). The maximum Gasteiger partial charge on any atom is 0.123 e. The molecule has 0 aromatic heterocycles. The van der Waals surface area contributed by atoms with Crippen LogP contribution >= 0.6 is 0 Å². The number of rotatable bonds is 14. The van der Waals surface area contributed by atoms with Crippen molar-refractivity contribution in [3.05, 3.63) is 24.3 Å². The average molecular weight is 370 g/mol. The van der Waals surface area contributed by atoms with Gasteiger partial charge in [0.05, 0.1) is 39.6 Å². The topological polar surface area (TPSA) is 102 Å². The summed E-state index contributed by atoms with van der Waals surface area (Å²) in [5.74, 6) is 1.15.